The van der Waals surface area contributed by atoms with Crippen LogP contribution in [0.2, 0.25) is 0 Å². The minimum Gasteiger partial charge on any atom is -0.311 e. The average Bonchev–Trinajstić information content (AvgIpc) is 2.39. The van der Waals surface area contributed by atoms with Gasteiger partial charge in [0.05, 0.1) is 5.92 Å². The molecule has 2 aliphatic rings. The van der Waals surface area contributed by atoms with Crippen molar-refractivity contribution in [3.05, 3.63) is 0 Å². The van der Waals surface area contributed by atoms with Crippen LogP contribution in [0.3, 0.4) is 0 Å². The van der Waals surface area contributed by atoms with Gasteiger partial charge in [-0.2, -0.15) is 13.2 Å². The largest absolute Gasteiger partial charge is 0.393 e. The first-order valence-corrected chi connectivity index (χ1v) is 7.81. The van der Waals surface area contributed by atoms with E-state index in [0.717, 1.165) is 12.8 Å². The minimum absolute atomic E-state index is 0.230. The molecule has 4 heteroatoms. The van der Waals surface area contributed by atoms with Crippen LogP contribution in [0.5, 0.6) is 0 Å². The van der Waals surface area contributed by atoms with E-state index >= 15 is 0 Å². The van der Waals surface area contributed by atoms with Crippen molar-refractivity contribution in [1.29, 1.82) is 0 Å². The Labute approximate surface area is 114 Å². The molecule has 3 unspecified atom stereocenters. The Morgan fingerprint density at radius 1 is 0.895 bits per heavy atom. The van der Waals surface area contributed by atoms with Crippen LogP contribution in [0.15, 0.2) is 0 Å². The zero-order chi connectivity index (χ0) is 13.9. The van der Waals surface area contributed by atoms with Gasteiger partial charge in [-0.1, -0.05) is 32.1 Å². The summed E-state index contributed by atoms with van der Waals surface area (Å²) in [6.07, 6.45) is 4.73. The molecule has 3 atom stereocenters. The Morgan fingerprint density at radius 3 is 2.11 bits per heavy atom. The number of alkyl halides is 3. The normalized spacial score (nSPS) is 32.2. The van der Waals surface area contributed by atoms with Crippen LogP contribution in [0.4, 0.5) is 13.2 Å². The van der Waals surface area contributed by atoms with Crippen molar-refractivity contribution in [3.63, 3.8) is 0 Å². The molecular weight excluding hydrogens is 251 g/mol. The molecule has 0 aromatic heterocycles. The highest BCUT2D eigenvalue weighted by atomic mass is 19.4. The molecule has 0 aromatic rings. The third-order valence-corrected chi connectivity index (χ3v) is 5.02. The van der Waals surface area contributed by atoms with Crippen LogP contribution in [-0.4, -0.2) is 18.3 Å². The van der Waals surface area contributed by atoms with E-state index in [1.807, 2.05) is 0 Å². The highest BCUT2D eigenvalue weighted by Crippen LogP contribution is 2.38. The van der Waals surface area contributed by atoms with Crippen molar-refractivity contribution in [2.24, 2.45) is 11.8 Å². The maximum atomic E-state index is 13.0. The van der Waals surface area contributed by atoms with Gasteiger partial charge in [-0.3, -0.25) is 0 Å². The zero-order valence-corrected chi connectivity index (χ0v) is 11.8. The molecule has 0 radical (unpaired) electrons. The summed E-state index contributed by atoms with van der Waals surface area (Å²) in [5.74, 6) is -0.558. The first-order chi connectivity index (χ1) is 8.98. The van der Waals surface area contributed by atoms with Gasteiger partial charge in [0.15, 0.2) is 0 Å². The molecule has 0 heterocycles. The van der Waals surface area contributed by atoms with E-state index in [9.17, 15) is 13.2 Å². The van der Waals surface area contributed by atoms with Gasteiger partial charge < -0.3 is 5.32 Å². The second-order valence-corrected chi connectivity index (χ2v) is 6.39. The summed E-state index contributed by atoms with van der Waals surface area (Å²) in [6, 6.07) is -0.126. The number of hydrogen-bond acceptors (Lipinski definition) is 1. The summed E-state index contributed by atoms with van der Waals surface area (Å²) in [6.45, 7) is 2.08. The second-order valence-electron chi connectivity index (χ2n) is 6.39. The Hall–Kier alpha value is -0.250. The van der Waals surface area contributed by atoms with Crippen LogP contribution in [0.25, 0.3) is 0 Å². The molecule has 2 saturated carbocycles. The van der Waals surface area contributed by atoms with Gasteiger partial charge in [-0.15, -0.1) is 0 Å². The first-order valence-electron chi connectivity index (χ1n) is 7.81. The van der Waals surface area contributed by atoms with Gasteiger partial charge in [0.2, 0.25) is 0 Å². The third-order valence-electron chi connectivity index (χ3n) is 5.02. The predicted molar refractivity (Wildman–Crippen MR) is 71.0 cm³/mol. The molecule has 1 nitrogen and oxygen atoms in total. The first kappa shape index (κ1) is 15.1. The fourth-order valence-corrected chi connectivity index (χ4v) is 3.83. The van der Waals surface area contributed by atoms with Crippen LogP contribution < -0.4 is 5.32 Å². The van der Waals surface area contributed by atoms with Crippen molar-refractivity contribution >= 4 is 0 Å². The van der Waals surface area contributed by atoms with E-state index in [1.165, 1.54) is 32.1 Å². The third kappa shape index (κ3) is 4.11. The molecule has 2 rings (SSSR count). The van der Waals surface area contributed by atoms with Crippen molar-refractivity contribution in [2.45, 2.75) is 83.0 Å². The van der Waals surface area contributed by atoms with Gasteiger partial charge in [0.1, 0.15) is 0 Å². The van der Waals surface area contributed by atoms with E-state index in [2.05, 4.69) is 12.2 Å². The molecule has 2 aliphatic carbocycles. The molecule has 0 saturated heterocycles. The summed E-state index contributed by atoms with van der Waals surface area (Å²) >= 11 is 0. The van der Waals surface area contributed by atoms with Crippen molar-refractivity contribution in [1.82, 2.24) is 5.32 Å². The lowest BCUT2D eigenvalue weighted by Crippen LogP contribution is -2.50. The van der Waals surface area contributed by atoms with Crippen LogP contribution >= 0.6 is 0 Å². The van der Waals surface area contributed by atoms with Gasteiger partial charge in [0.25, 0.3) is 0 Å². The zero-order valence-electron chi connectivity index (χ0n) is 11.8. The molecule has 0 spiro atoms. The molecule has 0 amide bonds. The molecule has 0 aliphatic heterocycles. The molecule has 2 fully saturated rings. The van der Waals surface area contributed by atoms with Crippen molar-refractivity contribution in [3.8, 4) is 0 Å². The van der Waals surface area contributed by atoms with E-state index in [4.69, 9.17) is 0 Å². The van der Waals surface area contributed by atoms with Crippen molar-refractivity contribution in [2.75, 3.05) is 0 Å². The minimum atomic E-state index is -4.04. The maximum Gasteiger partial charge on any atom is 0.393 e. The molecule has 1 N–H and O–H groups in total. The predicted octanol–water partition coefficient (Wildman–Crippen LogP) is 4.67. The lowest BCUT2D eigenvalue weighted by atomic mass is 9.80. The van der Waals surface area contributed by atoms with Crippen LogP contribution in [0.1, 0.15) is 64.7 Å². The fraction of sp³-hybridized carbons (Fsp3) is 1.00. The standard InChI is InChI=1S/C15H26F3N/c1-11(12-7-3-2-4-8-12)19-14-10-6-5-9-13(14)15(16,17)18/h11-14,19H,2-10H2,1H3. The average molecular weight is 277 g/mol. The molecule has 0 aromatic carbocycles. The van der Waals surface area contributed by atoms with Crippen LogP contribution in [0, 0.1) is 11.8 Å². The summed E-state index contributed by atoms with van der Waals surface area (Å²) in [4.78, 5) is 0. The van der Waals surface area contributed by atoms with Crippen LogP contribution in [-0.2, 0) is 0 Å². The smallest absolute Gasteiger partial charge is 0.311 e. The number of rotatable bonds is 3. The SMILES string of the molecule is CC(NC1CCCCC1C(F)(F)F)C1CCCCC1. The summed E-state index contributed by atoms with van der Waals surface area (Å²) in [5.41, 5.74) is 0. The Kier molecular flexibility index (Phi) is 5.15. The fourth-order valence-electron chi connectivity index (χ4n) is 3.83. The summed E-state index contributed by atoms with van der Waals surface area (Å²) < 4.78 is 39.1. The Morgan fingerprint density at radius 2 is 1.47 bits per heavy atom. The molecular formula is C15H26F3N. The Bertz CT molecular complexity index is 271. The van der Waals surface area contributed by atoms with E-state index in [1.54, 1.807) is 0 Å². The highest BCUT2D eigenvalue weighted by Gasteiger charge is 2.45. The quantitative estimate of drug-likeness (QED) is 0.790. The second kappa shape index (κ2) is 6.47. The number of halogens is 3. The van der Waals surface area contributed by atoms with E-state index < -0.39 is 12.1 Å². The van der Waals surface area contributed by atoms with Crippen molar-refractivity contribution < 1.29 is 13.2 Å². The van der Waals surface area contributed by atoms with E-state index in [-0.39, 0.29) is 12.1 Å². The summed E-state index contributed by atoms with van der Waals surface area (Å²) in [7, 11) is 0. The van der Waals surface area contributed by atoms with Gasteiger partial charge in [-0.05, 0) is 38.5 Å². The van der Waals surface area contributed by atoms with E-state index in [0.29, 0.717) is 18.8 Å². The number of nitrogens with one attached hydrogen (secondary N) is 1. The summed E-state index contributed by atoms with van der Waals surface area (Å²) in [5, 5.41) is 3.33. The number of hydrogen-bond donors (Lipinski definition) is 1. The topological polar surface area (TPSA) is 12.0 Å². The van der Waals surface area contributed by atoms with Gasteiger partial charge in [0, 0.05) is 12.1 Å². The van der Waals surface area contributed by atoms with Gasteiger partial charge in [-0.25, -0.2) is 0 Å². The molecule has 112 valence electrons. The lowest BCUT2D eigenvalue weighted by Gasteiger charge is -2.38. The molecule has 19 heavy (non-hydrogen) atoms. The highest BCUT2D eigenvalue weighted by molar-refractivity contribution is 4.88. The maximum absolute atomic E-state index is 13.0. The van der Waals surface area contributed by atoms with Gasteiger partial charge >= 0.3 is 6.18 Å². The Balaban J connectivity index is 1.91. The lowest BCUT2D eigenvalue weighted by molar-refractivity contribution is -0.189. The monoisotopic (exact) mass is 277 g/mol. The molecule has 0 bridgehead atoms.